The van der Waals surface area contributed by atoms with Crippen molar-refractivity contribution in [2.75, 3.05) is 13.2 Å². The average molecular weight is 397 g/mol. The number of hydrogen-bond acceptors (Lipinski definition) is 2. The summed E-state index contributed by atoms with van der Waals surface area (Å²) in [6.07, 6.45) is 13.5. The summed E-state index contributed by atoms with van der Waals surface area (Å²) < 4.78 is 31.4. The molecule has 0 bridgehead atoms. The first-order chi connectivity index (χ1) is 13.4. The predicted octanol–water partition coefficient (Wildman–Crippen LogP) is 7.04. The fraction of sp³-hybridized carbons (Fsp3) is 0.667. The minimum absolute atomic E-state index is 0.231. The minimum Gasteiger partial charge on any atom is -0.491 e. The van der Waals surface area contributed by atoms with Crippen LogP contribution in [0.2, 0.25) is 0 Å². The maximum Gasteiger partial charge on any atom is 0.199 e. The third-order valence-corrected chi connectivity index (χ3v) is 6.15. The fourth-order valence-corrected chi connectivity index (χ4v) is 3.92. The van der Waals surface area contributed by atoms with Gasteiger partial charge in [0.1, 0.15) is 0 Å². The molecule has 0 radical (unpaired) electrons. The van der Waals surface area contributed by atoms with Crippen LogP contribution in [-0.4, -0.2) is 18.3 Å². The second-order valence-electron chi connectivity index (χ2n) is 8.09. The van der Waals surface area contributed by atoms with Crippen molar-refractivity contribution in [2.45, 2.75) is 64.7 Å². The maximum atomic E-state index is 13.3. The van der Waals surface area contributed by atoms with Gasteiger partial charge in [0.2, 0.25) is 0 Å². The Bertz CT molecular complexity index is 511. The molecule has 0 spiro atoms. The van der Waals surface area contributed by atoms with Crippen molar-refractivity contribution in [1.29, 1.82) is 0 Å². The molecule has 0 unspecified atom stereocenters. The lowest BCUT2D eigenvalue weighted by molar-refractivity contribution is 0.127. The molecule has 0 aromatic heterocycles. The molecule has 2 nitrogen and oxygen atoms in total. The Kier molecular flexibility index (Phi) is 12.1. The first-order valence-electron chi connectivity index (χ1n) is 10.7. The monoisotopic (exact) mass is 396 g/mol. The largest absolute Gasteiger partial charge is 0.491 e. The van der Waals surface area contributed by atoms with Crippen LogP contribution >= 0.6 is 0 Å². The number of aliphatic hydroxyl groups is 1. The van der Waals surface area contributed by atoms with Gasteiger partial charge >= 0.3 is 0 Å². The molecule has 160 valence electrons. The van der Waals surface area contributed by atoms with E-state index in [1.54, 1.807) is 0 Å². The van der Waals surface area contributed by atoms with E-state index in [0.29, 0.717) is 25.0 Å². The van der Waals surface area contributed by atoms with Gasteiger partial charge in [-0.05, 0) is 68.3 Å². The Morgan fingerprint density at radius 1 is 0.964 bits per heavy atom. The van der Waals surface area contributed by atoms with Gasteiger partial charge in [-0.15, -0.1) is 6.58 Å². The Balaban J connectivity index is 0.000000330. The van der Waals surface area contributed by atoms with Crippen LogP contribution in [-0.2, 0) is 4.74 Å². The number of rotatable bonds is 8. The average Bonchev–Trinajstić information content (AvgIpc) is 2.77. The van der Waals surface area contributed by atoms with Gasteiger partial charge in [-0.2, -0.15) is 4.39 Å². The molecule has 0 aromatic carbocycles. The van der Waals surface area contributed by atoms with E-state index in [2.05, 4.69) is 26.7 Å². The summed E-state index contributed by atoms with van der Waals surface area (Å²) in [6, 6.07) is 0. The molecule has 4 heteroatoms. The summed E-state index contributed by atoms with van der Waals surface area (Å²) >= 11 is 0. The number of allylic oxidation sites excluding steroid dienone is 4. The van der Waals surface area contributed by atoms with Crippen LogP contribution in [0.3, 0.4) is 0 Å². The van der Waals surface area contributed by atoms with Crippen molar-refractivity contribution in [3.8, 4) is 0 Å². The first kappa shape index (κ1) is 24.6. The molecule has 0 aromatic rings. The number of aliphatic hydroxyl groups excluding tert-OH is 1. The van der Waals surface area contributed by atoms with E-state index in [-0.39, 0.29) is 5.76 Å². The zero-order chi connectivity index (χ0) is 20.9. The lowest BCUT2D eigenvalue weighted by atomic mass is 9.81. The molecule has 0 aliphatic heterocycles. The topological polar surface area (TPSA) is 29.5 Å². The van der Waals surface area contributed by atoms with Crippen molar-refractivity contribution in [3.05, 3.63) is 49.3 Å². The minimum atomic E-state index is -1.05. The zero-order valence-corrected chi connectivity index (χ0v) is 17.5. The lowest BCUT2D eigenvalue weighted by Crippen LogP contribution is -2.18. The lowest BCUT2D eigenvalue weighted by Gasteiger charge is -2.27. The molecule has 0 amide bonds. The van der Waals surface area contributed by atoms with Gasteiger partial charge in [-0.3, -0.25) is 0 Å². The second-order valence-corrected chi connectivity index (χ2v) is 8.09. The summed E-state index contributed by atoms with van der Waals surface area (Å²) in [5.41, 5.74) is 0. The van der Waals surface area contributed by atoms with E-state index in [1.807, 2.05) is 6.08 Å². The Morgan fingerprint density at radius 2 is 1.50 bits per heavy atom. The Hall–Kier alpha value is -1.42. The van der Waals surface area contributed by atoms with Crippen LogP contribution in [0.1, 0.15) is 64.7 Å². The zero-order valence-electron chi connectivity index (χ0n) is 17.5. The molecule has 1 N–H and O–H groups in total. The van der Waals surface area contributed by atoms with Crippen molar-refractivity contribution in [3.63, 3.8) is 0 Å². The van der Waals surface area contributed by atoms with E-state index in [1.165, 1.54) is 44.9 Å². The quantitative estimate of drug-likeness (QED) is 0.271. The Morgan fingerprint density at radius 3 is 1.96 bits per heavy atom. The number of halogens is 2. The maximum absolute atomic E-state index is 13.3. The number of hydrogen-bond donors (Lipinski definition) is 1. The molecule has 2 rings (SSSR count). The Labute approximate surface area is 170 Å². The molecule has 2 aliphatic carbocycles. The van der Waals surface area contributed by atoms with E-state index < -0.39 is 11.7 Å². The van der Waals surface area contributed by atoms with E-state index in [0.717, 1.165) is 30.8 Å². The van der Waals surface area contributed by atoms with Gasteiger partial charge < -0.3 is 9.84 Å². The second kappa shape index (κ2) is 13.7. The number of ether oxygens (including phenoxy) is 1. The van der Waals surface area contributed by atoms with Crippen molar-refractivity contribution in [2.24, 2.45) is 23.7 Å². The van der Waals surface area contributed by atoms with Crippen LogP contribution in [0.25, 0.3) is 0 Å². The van der Waals surface area contributed by atoms with Gasteiger partial charge in [0.15, 0.2) is 17.4 Å². The van der Waals surface area contributed by atoms with Crippen molar-refractivity contribution < 1.29 is 18.6 Å². The van der Waals surface area contributed by atoms with E-state index in [4.69, 9.17) is 9.84 Å². The SMILES string of the molecule is C=C/C(F)=C(/F)C(=C)OCC1CCC(CC)CC1.C=CC1CCC(CO)CC1. The highest BCUT2D eigenvalue weighted by Gasteiger charge is 2.21. The summed E-state index contributed by atoms with van der Waals surface area (Å²) in [6.45, 7) is 13.3. The third kappa shape index (κ3) is 8.72. The third-order valence-electron chi connectivity index (χ3n) is 6.15. The molecule has 0 heterocycles. The smallest absolute Gasteiger partial charge is 0.199 e. The standard InChI is InChI=1S/C15H22F2O.C9H16O/c1-4-12-6-8-13(9-7-12)10-18-11(3)15(17)14(16)5-2;1-2-8-3-5-9(7-10)6-4-8/h5,12-13H,2-4,6-10H2,1H3;2,8-10H,1,3-7H2/b15-14-;. The van der Waals surface area contributed by atoms with Gasteiger partial charge in [-0.25, -0.2) is 4.39 Å². The highest BCUT2D eigenvalue weighted by Crippen LogP contribution is 2.31. The van der Waals surface area contributed by atoms with Crippen LogP contribution in [0, 0.1) is 23.7 Å². The van der Waals surface area contributed by atoms with Crippen LogP contribution in [0.15, 0.2) is 49.3 Å². The van der Waals surface area contributed by atoms with E-state index in [9.17, 15) is 8.78 Å². The molecule has 2 aliphatic rings. The van der Waals surface area contributed by atoms with Crippen LogP contribution in [0.5, 0.6) is 0 Å². The van der Waals surface area contributed by atoms with Crippen LogP contribution in [0.4, 0.5) is 8.78 Å². The molecule has 2 saturated carbocycles. The summed E-state index contributed by atoms with van der Waals surface area (Å²) in [4.78, 5) is 0. The molecule has 28 heavy (non-hydrogen) atoms. The summed E-state index contributed by atoms with van der Waals surface area (Å²) in [5.74, 6) is 0.259. The summed E-state index contributed by atoms with van der Waals surface area (Å²) in [5, 5.41) is 8.82. The first-order valence-corrected chi connectivity index (χ1v) is 10.7. The van der Waals surface area contributed by atoms with Gasteiger partial charge in [0.25, 0.3) is 0 Å². The van der Waals surface area contributed by atoms with Gasteiger partial charge in [-0.1, -0.05) is 45.4 Å². The van der Waals surface area contributed by atoms with Crippen molar-refractivity contribution in [1.82, 2.24) is 0 Å². The highest BCUT2D eigenvalue weighted by atomic mass is 19.2. The predicted molar refractivity (Wildman–Crippen MR) is 113 cm³/mol. The normalized spacial score (nSPS) is 28.3. The van der Waals surface area contributed by atoms with E-state index >= 15 is 0 Å². The highest BCUT2D eigenvalue weighted by molar-refractivity contribution is 5.25. The molecular formula is C24H38F2O2. The van der Waals surface area contributed by atoms with Gasteiger partial charge in [0, 0.05) is 6.61 Å². The molecular weight excluding hydrogens is 358 g/mol. The van der Waals surface area contributed by atoms with Crippen LogP contribution < -0.4 is 0 Å². The molecule has 2 fully saturated rings. The van der Waals surface area contributed by atoms with Crippen molar-refractivity contribution >= 4 is 0 Å². The summed E-state index contributed by atoms with van der Waals surface area (Å²) in [7, 11) is 0. The van der Waals surface area contributed by atoms with Gasteiger partial charge in [0.05, 0.1) is 6.61 Å². The molecule has 0 saturated heterocycles. The molecule has 0 atom stereocenters. The fourth-order valence-electron chi connectivity index (χ4n) is 3.92.